The van der Waals surface area contributed by atoms with Crippen LogP contribution in [0.25, 0.3) is 0 Å². The molecule has 1 saturated heterocycles. The Morgan fingerprint density at radius 1 is 1.00 bits per heavy atom. The number of carbonyl (C=O) groups excluding carboxylic acids is 1. The van der Waals surface area contributed by atoms with E-state index < -0.39 is 17.2 Å². The highest BCUT2D eigenvalue weighted by Gasteiger charge is 2.18. The number of methoxy groups -OCH3 is 1. The van der Waals surface area contributed by atoms with Gasteiger partial charge in [0.1, 0.15) is 5.75 Å². The second-order valence-electron chi connectivity index (χ2n) is 5.79. The summed E-state index contributed by atoms with van der Waals surface area (Å²) in [5.41, 5.74) is -0.104. The van der Waals surface area contributed by atoms with Crippen LogP contribution in [0.2, 0.25) is 0 Å². The third kappa shape index (κ3) is 12.3. The minimum atomic E-state index is -0.951. The zero-order valence-electron chi connectivity index (χ0n) is 17.3. The van der Waals surface area contributed by atoms with Gasteiger partial charge < -0.3 is 33.2 Å². The van der Waals surface area contributed by atoms with E-state index in [-0.39, 0.29) is 24.7 Å². The summed E-state index contributed by atoms with van der Waals surface area (Å²) in [5, 5.41) is 10.6. The third-order valence-electron chi connectivity index (χ3n) is 3.52. The minimum Gasteiger partial charge on any atom is -0.426 e. The van der Waals surface area contributed by atoms with Gasteiger partial charge in [-0.25, -0.2) is 4.79 Å². The molecule has 11 heteroatoms. The van der Waals surface area contributed by atoms with Gasteiger partial charge in [0.2, 0.25) is 0 Å². The quantitative estimate of drug-likeness (QED) is 0.303. The van der Waals surface area contributed by atoms with Gasteiger partial charge in [-0.1, -0.05) is 0 Å². The van der Waals surface area contributed by atoms with Gasteiger partial charge in [0.05, 0.1) is 57.8 Å². The van der Waals surface area contributed by atoms with Gasteiger partial charge in [-0.3, -0.25) is 10.1 Å². The Kier molecular flexibility index (Phi) is 14.1. The molecule has 1 aromatic rings. The molecule has 0 aromatic heterocycles. The standard InChI is InChI=1S/C16H21NO9.C3H8O/c18-16(25-14-3-1-13(2-4-14)17(19)20)26-15-11-23-9-7-21-5-6-22-8-10-24-12-15;1-3-4-2/h1-4,15H,5-12H2;3H2,1-2H3. The summed E-state index contributed by atoms with van der Waals surface area (Å²) in [6.07, 6.45) is -1.62. The maximum Gasteiger partial charge on any atom is 0.514 e. The van der Waals surface area contributed by atoms with Crippen LogP contribution in [-0.4, -0.2) is 83.8 Å². The molecule has 11 nitrogen and oxygen atoms in total. The Balaban J connectivity index is 0.00000103. The molecule has 0 bridgehead atoms. The number of hydrogen-bond donors (Lipinski definition) is 0. The van der Waals surface area contributed by atoms with Crippen molar-refractivity contribution in [3.63, 3.8) is 0 Å². The Morgan fingerprint density at radius 3 is 1.90 bits per heavy atom. The zero-order valence-corrected chi connectivity index (χ0v) is 17.3. The van der Waals surface area contributed by atoms with E-state index >= 15 is 0 Å². The summed E-state index contributed by atoms with van der Waals surface area (Å²) in [6, 6.07) is 5.08. The van der Waals surface area contributed by atoms with Gasteiger partial charge in [0, 0.05) is 25.8 Å². The number of rotatable bonds is 4. The number of nitrogens with zero attached hydrogens (tertiary/aromatic N) is 1. The average molecular weight is 431 g/mol. The largest absolute Gasteiger partial charge is 0.514 e. The smallest absolute Gasteiger partial charge is 0.426 e. The maximum atomic E-state index is 11.9. The lowest BCUT2D eigenvalue weighted by Crippen LogP contribution is -2.30. The fraction of sp³-hybridized carbons (Fsp3) is 0.632. The van der Waals surface area contributed by atoms with Gasteiger partial charge in [-0.05, 0) is 19.1 Å². The first-order valence-corrected chi connectivity index (χ1v) is 9.49. The summed E-state index contributed by atoms with van der Waals surface area (Å²) >= 11 is 0. The topological polar surface area (TPSA) is 125 Å². The van der Waals surface area contributed by atoms with Gasteiger partial charge in [0.15, 0.2) is 6.10 Å². The van der Waals surface area contributed by atoms with Crippen molar-refractivity contribution in [2.24, 2.45) is 0 Å². The Hall–Kier alpha value is -2.31. The molecule has 2 rings (SSSR count). The van der Waals surface area contributed by atoms with Gasteiger partial charge in [0.25, 0.3) is 5.69 Å². The van der Waals surface area contributed by atoms with E-state index in [2.05, 4.69) is 4.74 Å². The van der Waals surface area contributed by atoms with E-state index in [1.165, 1.54) is 24.3 Å². The van der Waals surface area contributed by atoms with Crippen LogP contribution in [0.3, 0.4) is 0 Å². The average Bonchev–Trinajstić information content (AvgIpc) is 2.76. The maximum absolute atomic E-state index is 11.9. The number of nitro benzene ring substituents is 1. The van der Waals surface area contributed by atoms with E-state index in [1.54, 1.807) is 7.11 Å². The predicted molar refractivity (Wildman–Crippen MR) is 105 cm³/mol. The first kappa shape index (κ1) is 25.7. The summed E-state index contributed by atoms with van der Waals surface area (Å²) in [7, 11) is 1.68. The second kappa shape index (κ2) is 16.5. The normalized spacial score (nSPS) is 16.6. The van der Waals surface area contributed by atoms with Crippen molar-refractivity contribution in [1.82, 2.24) is 0 Å². The van der Waals surface area contributed by atoms with Crippen LogP contribution in [0.1, 0.15) is 6.92 Å². The van der Waals surface area contributed by atoms with Gasteiger partial charge >= 0.3 is 6.16 Å². The third-order valence-corrected chi connectivity index (χ3v) is 3.52. The molecule has 170 valence electrons. The fourth-order valence-electron chi connectivity index (χ4n) is 2.00. The summed E-state index contributed by atoms with van der Waals surface area (Å²) < 4.78 is 36.1. The van der Waals surface area contributed by atoms with Crippen LogP contribution in [0, 0.1) is 10.1 Å². The molecule has 1 fully saturated rings. The van der Waals surface area contributed by atoms with Crippen LogP contribution in [-0.2, 0) is 28.4 Å². The molecule has 0 spiro atoms. The number of nitro groups is 1. The molecule has 30 heavy (non-hydrogen) atoms. The SMILES string of the molecule is CCOC.O=C(Oc1ccc([N+](=O)[O-])cc1)OC1COCCOCCOCCOC1. The number of ether oxygens (including phenoxy) is 7. The molecule has 0 amide bonds. The van der Waals surface area contributed by atoms with Crippen LogP contribution in [0.4, 0.5) is 10.5 Å². The second-order valence-corrected chi connectivity index (χ2v) is 5.79. The minimum absolute atomic E-state index is 0.104. The van der Waals surface area contributed by atoms with E-state index in [4.69, 9.17) is 28.4 Å². The molecule has 1 aromatic carbocycles. The van der Waals surface area contributed by atoms with Crippen molar-refractivity contribution in [2.45, 2.75) is 13.0 Å². The molecule has 1 aliphatic rings. The van der Waals surface area contributed by atoms with Crippen molar-refractivity contribution in [2.75, 3.05) is 66.6 Å². The predicted octanol–water partition coefficient (Wildman–Crippen LogP) is 2.21. The van der Waals surface area contributed by atoms with Crippen molar-refractivity contribution in [3.05, 3.63) is 34.4 Å². The molecular formula is C19H29NO10. The van der Waals surface area contributed by atoms with Gasteiger partial charge in [-0.2, -0.15) is 0 Å². The zero-order chi connectivity index (χ0) is 22.0. The first-order valence-electron chi connectivity index (χ1n) is 9.49. The van der Waals surface area contributed by atoms with Crippen molar-refractivity contribution < 1.29 is 42.9 Å². The Bertz CT molecular complexity index is 579. The number of hydrogen-bond acceptors (Lipinski definition) is 10. The lowest BCUT2D eigenvalue weighted by atomic mass is 10.3. The van der Waals surface area contributed by atoms with Crippen molar-refractivity contribution >= 4 is 11.8 Å². The molecule has 0 atom stereocenters. The monoisotopic (exact) mass is 431 g/mol. The lowest BCUT2D eigenvalue weighted by Gasteiger charge is -2.17. The molecule has 0 aliphatic carbocycles. The Labute approximate surface area is 175 Å². The summed E-state index contributed by atoms with van der Waals surface area (Å²) in [5.74, 6) is 0.133. The van der Waals surface area contributed by atoms with Crippen molar-refractivity contribution in [1.29, 1.82) is 0 Å². The van der Waals surface area contributed by atoms with Crippen LogP contribution in [0.15, 0.2) is 24.3 Å². The lowest BCUT2D eigenvalue weighted by molar-refractivity contribution is -0.384. The highest BCUT2D eigenvalue weighted by atomic mass is 16.7. The molecule has 0 N–H and O–H groups in total. The highest BCUT2D eigenvalue weighted by Crippen LogP contribution is 2.18. The van der Waals surface area contributed by atoms with Gasteiger partial charge in [-0.15, -0.1) is 0 Å². The van der Waals surface area contributed by atoms with E-state index in [0.717, 1.165) is 6.61 Å². The molecule has 0 unspecified atom stereocenters. The summed E-state index contributed by atoms with van der Waals surface area (Å²) in [6.45, 7) is 5.48. The molecule has 0 radical (unpaired) electrons. The highest BCUT2D eigenvalue weighted by molar-refractivity contribution is 5.64. The van der Waals surface area contributed by atoms with Crippen LogP contribution in [0.5, 0.6) is 5.75 Å². The number of non-ortho nitro benzene ring substituents is 1. The molecular weight excluding hydrogens is 402 g/mol. The Morgan fingerprint density at radius 2 is 1.47 bits per heavy atom. The summed E-state index contributed by atoms with van der Waals surface area (Å²) in [4.78, 5) is 22.0. The van der Waals surface area contributed by atoms with Crippen LogP contribution < -0.4 is 4.74 Å². The van der Waals surface area contributed by atoms with E-state index in [9.17, 15) is 14.9 Å². The molecule has 1 heterocycles. The first-order chi connectivity index (χ1) is 14.6. The van der Waals surface area contributed by atoms with E-state index in [1.807, 2.05) is 6.92 Å². The fourth-order valence-corrected chi connectivity index (χ4v) is 2.00. The number of benzene rings is 1. The van der Waals surface area contributed by atoms with E-state index in [0.29, 0.717) is 39.6 Å². The van der Waals surface area contributed by atoms with Crippen molar-refractivity contribution in [3.8, 4) is 5.75 Å². The molecule has 0 saturated carbocycles. The number of carbonyl (C=O) groups is 1. The molecule has 1 aliphatic heterocycles. The van der Waals surface area contributed by atoms with Crippen LogP contribution >= 0.6 is 0 Å².